The lowest BCUT2D eigenvalue weighted by Crippen LogP contribution is -2.39. The summed E-state index contributed by atoms with van der Waals surface area (Å²) in [6, 6.07) is 0.359. The van der Waals surface area contributed by atoms with Gasteiger partial charge in [-0.2, -0.15) is 4.98 Å². The molecule has 19 heavy (non-hydrogen) atoms. The summed E-state index contributed by atoms with van der Waals surface area (Å²) in [5.41, 5.74) is 0. The standard InChI is InChI=1S/C13H23N3O2S/c1-13(2,3)19-8-11-15-12(18-16-11)9-7-17-6-5-10(9)14-4/h9-10,14H,5-8H2,1-4H3. The quantitative estimate of drug-likeness (QED) is 0.915. The van der Waals surface area contributed by atoms with Gasteiger partial charge in [-0.25, -0.2) is 0 Å². The van der Waals surface area contributed by atoms with Crippen molar-refractivity contribution in [2.45, 2.75) is 49.7 Å². The molecule has 1 aliphatic heterocycles. The van der Waals surface area contributed by atoms with Crippen molar-refractivity contribution in [3.05, 3.63) is 11.7 Å². The Kier molecular flexibility index (Phi) is 4.86. The van der Waals surface area contributed by atoms with Gasteiger partial charge in [0.15, 0.2) is 5.82 Å². The lowest BCUT2D eigenvalue weighted by molar-refractivity contribution is 0.0516. The monoisotopic (exact) mass is 285 g/mol. The third-order valence-corrected chi connectivity index (χ3v) is 4.43. The molecule has 0 bridgehead atoms. The zero-order valence-corrected chi connectivity index (χ0v) is 12.9. The van der Waals surface area contributed by atoms with Gasteiger partial charge in [0.05, 0.1) is 18.3 Å². The SMILES string of the molecule is CNC1CCOCC1c1nc(CSC(C)(C)C)no1. The lowest BCUT2D eigenvalue weighted by atomic mass is 9.96. The Hall–Kier alpha value is -0.590. The Balaban J connectivity index is 1.99. The van der Waals surface area contributed by atoms with Gasteiger partial charge >= 0.3 is 0 Å². The van der Waals surface area contributed by atoms with Gasteiger partial charge in [0.1, 0.15) is 0 Å². The number of rotatable bonds is 4. The summed E-state index contributed by atoms with van der Waals surface area (Å²) in [4.78, 5) is 4.52. The first kappa shape index (κ1) is 14.8. The fourth-order valence-electron chi connectivity index (χ4n) is 2.08. The molecule has 5 nitrogen and oxygen atoms in total. The van der Waals surface area contributed by atoms with E-state index in [4.69, 9.17) is 9.26 Å². The largest absolute Gasteiger partial charge is 0.381 e. The van der Waals surface area contributed by atoms with Crippen molar-refractivity contribution in [3.63, 3.8) is 0 Å². The maximum Gasteiger partial charge on any atom is 0.233 e. The average molecular weight is 285 g/mol. The van der Waals surface area contributed by atoms with Gasteiger partial charge in [0.25, 0.3) is 0 Å². The first-order valence-corrected chi connectivity index (χ1v) is 7.69. The van der Waals surface area contributed by atoms with E-state index in [1.165, 1.54) is 0 Å². The molecule has 0 spiro atoms. The third kappa shape index (κ3) is 4.19. The van der Waals surface area contributed by atoms with Crippen molar-refractivity contribution in [2.24, 2.45) is 0 Å². The number of hydrogen-bond donors (Lipinski definition) is 1. The second-order valence-corrected chi connectivity index (χ2v) is 7.62. The molecule has 1 saturated heterocycles. The molecule has 1 fully saturated rings. The van der Waals surface area contributed by atoms with Gasteiger partial charge in [-0.3, -0.25) is 0 Å². The zero-order chi connectivity index (χ0) is 13.9. The molecule has 0 aliphatic carbocycles. The second-order valence-electron chi connectivity index (χ2n) is 5.82. The Morgan fingerprint density at radius 3 is 2.89 bits per heavy atom. The molecule has 2 rings (SSSR count). The smallest absolute Gasteiger partial charge is 0.233 e. The summed E-state index contributed by atoms with van der Waals surface area (Å²) < 4.78 is 11.1. The van der Waals surface area contributed by atoms with Crippen LogP contribution >= 0.6 is 11.8 Å². The third-order valence-electron chi connectivity index (χ3n) is 3.16. The highest BCUT2D eigenvalue weighted by molar-refractivity contribution is 7.99. The van der Waals surface area contributed by atoms with E-state index in [0.29, 0.717) is 18.5 Å². The summed E-state index contributed by atoms with van der Waals surface area (Å²) in [6.45, 7) is 8.00. The van der Waals surface area contributed by atoms with Crippen LogP contribution in [0.15, 0.2) is 4.52 Å². The highest BCUT2D eigenvalue weighted by atomic mass is 32.2. The molecule has 0 aromatic carbocycles. The summed E-state index contributed by atoms with van der Waals surface area (Å²) in [7, 11) is 1.97. The normalized spacial score (nSPS) is 24.6. The topological polar surface area (TPSA) is 60.2 Å². The maximum absolute atomic E-state index is 5.52. The van der Waals surface area contributed by atoms with Crippen LogP contribution in [0.2, 0.25) is 0 Å². The first-order valence-electron chi connectivity index (χ1n) is 6.71. The molecule has 1 aromatic rings. The molecule has 2 atom stereocenters. The van der Waals surface area contributed by atoms with E-state index < -0.39 is 0 Å². The highest BCUT2D eigenvalue weighted by Gasteiger charge is 2.30. The van der Waals surface area contributed by atoms with Crippen LogP contribution in [0.4, 0.5) is 0 Å². The summed E-state index contributed by atoms with van der Waals surface area (Å²) >= 11 is 1.82. The van der Waals surface area contributed by atoms with E-state index in [0.717, 1.165) is 24.6 Å². The van der Waals surface area contributed by atoms with Crippen LogP contribution < -0.4 is 5.32 Å². The molecule has 0 radical (unpaired) electrons. The van der Waals surface area contributed by atoms with Crippen molar-refractivity contribution in [1.82, 2.24) is 15.5 Å². The van der Waals surface area contributed by atoms with Crippen LogP contribution in [-0.4, -0.2) is 41.2 Å². The Morgan fingerprint density at radius 1 is 1.42 bits per heavy atom. The number of likely N-dealkylation sites (N-methyl/N-ethyl adjacent to an activating group) is 1. The van der Waals surface area contributed by atoms with Crippen molar-refractivity contribution in [1.29, 1.82) is 0 Å². The molecule has 1 N–H and O–H groups in total. The molecule has 0 saturated carbocycles. The second kappa shape index (κ2) is 6.24. The van der Waals surface area contributed by atoms with Gasteiger partial charge < -0.3 is 14.6 Å². The number of nitrogens with zero attached hydrogens (tertiary/aromatic N) is 2. The number of aromatic nitrogens is 2. The fourth-order valence-corrected chi connectivity index (χ4v) is 2.76. The van der Waals surface area contributed by atoms with E-state index in [2.05, 4.69) is 36.2 Å². The number of ether oxygens (including phenoxy) is 1. The minimum Gasteiger partial charge on any atom is -0.381 e. The van der Waals surface area contributed by atoms with Gasteiger partial charge in [-0.15, -0.1) is 11.8 Å². The molecule has 2 unspecified atom stereocenters. The van der Waals surface area contributed by atoms with E-state index in [-0.39, 0.29) is 10.7 Å². The van der Waals surface area contributed by atoms with E-state index in [9.17, 15) is 0 Å². The van der Waals surface area contributed by atoms with Gasteiger partial charge in [-0.05, 0) is 13.5 Å². The van der Waals surface area contributed by atoms with Crippen LogP contribution in [-0.2, 0) is 10.5 Å². The van der Waals surface area contributed by atoms with Crippen LogP contribution in [0.5, 0.6) is 0 Å². The highest BCUT2D eigenvalue weighted by Crippen LogP contribution is 2.28. The van der Waals surface area contributed by atoms with Gasteiger partial charge in [0.2, 0.25) is 5.89 Å². The molecule has 2 heterocycles. The van der Waals surface area contributed by atoms with Crippen molar-refractivity contribution < 1.29 is 9.26 Å². The fraction of sp³-hybridized carbons (Fsp3) is 0.846. The Morgan fingerprint density at radius 2 is 2.21 bits per heavy atom. The van der Waals surface area contributed by atoms with E-state index >= 15 is 0 Å². The van der Waals surface area contributed by atoms with Crippen molar-refractivity contribution in [2.75, 3.05) is 20.3 Å². The lowest BCUT2D eigenvalue weighted by Gasteiger charge is -2.28. The minimum atomic E-state index is 0.166. The zero-order valence-electron chi connectivity index (χ0n) is 12.1. The van der Waals surface area contributed by atoms with E-state index in [1.54, 1.807) is 0 Å². The molecule has 108 valence electrons. The Labute approximate surface area is 118 Å². The maximum atomic E-state index is 5.52. The summed E-state index contributed by atoms with van der Waals surface area (Å²) in [5, 5.41) is 7.38. The first-order chi connectivity index (χ1) is 8.99. The van der Waals surface area contributed by atoms with Crippen LogP contribution in [0.1, 0.15) is 44.8 Å². The van der Waals surface area contributed by atoms with Crippen LogP contribution in [0.25, 0.3) is 0 Å². The van der Waals surface area contributed by atoms with Gasteiger partial charge in [-0.1, -0.05) is 25.9 Å². The van der Waals surface area contributed by atoms with Crippen LogP contribution in [0, 0.1) is 0 Å². The van der Waals surface area contributed by atoms with Gasteiger partial charge in [0, 0.05) is 17.4 Å². The summed E-state index contributed by atoms with van der Waals surface area (Å²) in [6.07, 6.45) is 0.982. The average Bonchev–Trinajstić information content (AvgIpc) is 2.84. The summed E-state index contributed by atoms with van der Waals surface area (Å²) in [5.74, 6) is 2.42. The minimum absolute atomic E-state index is 0.166. The number of nitrogens with one attached hydrogen (secondary N) is 1. The predicted molar refractivity (Wildman–Crippen MR) is 76.4 cm³/mol. The number of hydrogen-bond acceptors (Lipinski definition) is 6. The Bertz CT molecular complexity index is 403. The molecule has 1 aromatic heterocycles. The molecular formula is C13H23N3O2S. The molecular weight excluding hydrogens is 262 g/mol. The number of thioether (sulfide) groups is 1. The molecule has 0 amide bonds. The van der Waals surface area contributed by atoms with Crippen molar-refractivity contribution >= 4 is 11.8 Å². The van der Waals surface area contributed by atoms with Crippen molar-refractivity contribution in [3.8, 4) is 0 Å². The van der Waals surface area contributed by atoms with E-state index in [1.807, 2.05) is 18.8 Å². The predicted octanol–water partition coefficient (Wildman–Crippen LogP) is 2.19. The van der Waals surface area contributed by atoms with Crippen LogP contribution in [0.3, 0.4) is 0 Å². The molecule has 6 heteroatoms. The molecule has 1 aliphatic rings.